The van der Waals surface area contributed by atoms with E-state index in [1.165, 1.54) is 0 Å². The highest BCUT2D eigenvalue weighted by Gasteiger charge is 2.20. The molecule has 0 aliphatic carbocycles. The average Bonchev–Trinajstić information content (AvgIpc) is 2.81. The molecule has 0 aromatic heterocycles. The number of carbonyl (C=O) groups is 1. The summed E-state index contributed by atoms with van der Waals surface area (Å²) in [6.07, 6.45) is 2.26. The first-order valence-electron chi connectivity index (χ1n) is 6.25. The Bertz CT molecular complexity index is 420. The van der Waals surface area contributed by atoms with Gasteiger partial charge < -0.3 is 10.6 Å². The van der Waals surface area contributed by atoms with Crippen molar-refractivity contribution in [3.63, 3.8) is 0 Å². The molecule has 2 N–H and O–H groups in total. The number of benzene rings is 1. The van der Waals surface area contributed by atoms with E-state index < -0.39 is 0 Å². The third kappa shape index (κ3) is 2.50. The van der Waals surface area contributed by atoms with Crippen LogP contribution < -0.4 is 5.73 Å². The van der Waals surface area contributed by atoms with Gasteiger partial charge in [-0.3, -0.25) is 4.79 Å². The molecular weight excluding hydrogens is 212 g/mol. The van der Waals surface area contributed by atoms with Crippen LogP contribution >= 0.6 is 0 Å². The van der Waals surface area contributed by atoms with Gasteiger partial charge in [-0.25, -0.2) is 0 Å². The van der Waals surface area contributed by atoms with Crippen molar-refractivity contribution in [3.8, 4) is 0 Å². The Hall–Kier alpha value is -1.35. The molecule has 0 spiro atoms. The van der Waals surface area contributed by atoms with Gasteiger partial charge in [0.15, 0.2) is 0 Å². The van der Waals surface area contributed by atoms with E-state index in [1.807, 2.05) is 36.9 Å². The molecule has 3 nitrogen and oxygen atoms in total. The summed E-state index contributed by atoms with van der Waals surface area (Å²) < 4.78 is 0. The van der Waals surface area contributed by atoms with Crippen LogP contribution in [0, 0.1) is 6.92 Å². The fourth-order valence-corrected chi connectivity index (χ4v) is 2.30. The van der Waals surface area contributed by atoms with Crippen molar-refractivity contribution in [3.05, 3.63) is 34.9 Å². The molecule has 17 heavy (non-hydrogen) atoms. The lowest BCUT2D eigenvalue weighted by Crippen LogP contribution is -2.28. The second-order valence-corrected chi connectivity index (χ2v) is 4.86. The molecular formula is C14H20N2O. The van der Waals surface area contributed by atoms with Gasteiger partial charge in [0.25, 0.3) is 5.91 Å². The lowest BCUT2D eigenvalue weighted by molar-refractivity contribution is 0.0792. The van der Waals surface area contributed by atoms with E-state index in [1.54, 1.807) is 0 Å². The molecule has 1 saturated heterocycles. The molecule has 1 amide bonds. The fourth-order valence-electron chi connectivity index (χ4n) is 2.30. The maximum atomic E-state index is 12.2. The van der Waals surface area contributed by atoms with Gasteiger partial charge in [0.1, 0.15) is 0 Å². The van der Waals surface area contributed by atoms with Gasteiger partial charge in [-0.15, -0.1) is 0 Å². The molecule has 1 aliphatic rings. The minimum Gasteiger partial charge on any atom is -0.339 e. The van der Waals surface area contributed by atoms with Gasteiger partial charge in [-0.05, 0) is 43.9 Å². The summed E-state index contributed by atoms with van der Waals surface area (Å²) >= 11 is 0. The predicted molar refractivity (Wildman–Crippen MR) is 68.9 cm³/mol. The lowest BCUT2D eigenvalue weighted by Gasteiger charge is -2.17. The van der Waals surface area contributed by atoms with Crippen LogP contribution in [-0.2, 0) is 0 Å². The summed E-state index contributed by atoms with van der Waals surface area (Å²) in [6, 6.07) is 5.91. The lowest BCUT2D eigenvalue weighted by atomic mass is 10.0. The van der Waals surface area contributed by atoms with Crippen LogP contribution in [0.1, 0.15) is 47.3 Å². The molecule has 0 radical (unpaired) electrons. The summed E-state index contributed by atoms with van der Waals surface area (Å²) in [4.78, 5) is 14.2. The van der Waals surface area contributed by atoms with Gasteiger partial charge in [0.2, 0.25) is 0 Å². The minimum absolute atomic E-state index is 0.0182. The first-order chi connectivity index (χ1) is 8.09. The van der Waals surface area contributed by atoms with Crippen LogP contribution in [0.2, 0.25) is 0 Å². The topological polar surface area (TPSA) is 46.3 Å². The molecule has 1 aliphatic heterocycles. The van der Waals surface area contributed by atoms with E-state index in [0.717, 1.165) is 42.6 Å². The third-order valence-corrected chi connectivity index (χ3v) is 3.40. The van der Waals surface area contributed by atoms with E-state index in [9.17, 15) is 4.79 Å². The number of nitrogens with two attached hydrogens (primary N) is 1. The van der Waals surface area contributed by atoms with Crippen LogP contribution in [0.4, 0.5) is 0 Å². The number of carbonyl (C=O) groups excluding carboxylic acids is 1. The molecule has 1 heterocycles. The zero-order valence-corrected chi connectivity index (χ0v) is 10.6. The molecule has 1 aromatic rings. The van der Waals surface area contributed by atoms with Gasteiger partial charge in [-0.2, -0.15) is 0 Å². The Balaban J connectivity index is 2.23. The molecule has 1 atom stereocenters. The van der Waals surface area contributed by atoms with E-state index in [-0.39, 0.29) is 11.9 Å². The first kappa shape index (κ1) is 12.1. The van der Waals surface area contributed by atoms with Gasteiger partial charge >= 0.3 is 0 Å². The van der Waals surface area contributed by atoms with Crippen molar-refractivity contribution >= 4 is 5.91 Å². The summed E-state index contributed by atoms with van der Waals surface area (Å²) in [5.74, 6) is 0.163. The largest absolute Gasteiger partial charge is 0.339 e. The maximum absolute atomic E-state index is 12.2. The van der Waals surface area contributed by atoms with Crippen LogP contribution in [-0.4, -0.2) is 23.9 Å². The smallest absolute Gasteiger partial charge is 0.254 e. The van der Waals surface area contributed by atoms with E-state index >= 15 is 0 Å². The predicted octanol–water partition coefficient (Wildman–Crippen LogP) is 2.25. The molecule has 2 rings (SSSR count). The molecule has 3 heteroatoms. The number of likely N-dealkylation sites (tertiary alicyclic amines) is 1. The molecule has 1 aromatic carbocycles. The Labute approximate surface area is 103 Å². The molecule has 1 fully saturated rings. The fraction of sp³-hybridized carbons (Fsp3) is 0.500. The average molecular weight is 232 g/mol. The minimum atomic E-state index is 0.0182. The highest BCUT2D eigenvalue weighted by Crippen LogP contribution is 2.19. The van der Waals surface area contributed by atoms with Gasteiger partial charge in [0, 0.05) is 24.7 Å². The summed E-state index contributed by atoms with van der Waals surface area (Å²) in [6.45, 7) is 5.73. The van der Waals surface area contributed by atoms with E-state index in [0.29, 0.717) is 0 Å². The van der Waals surface area contributed by atoms with Crippen LogP contribution in [0.5, 0.6) is 0 Å². The standard InChI is InChI=1S/C14H20N2O/c1-10-9-12(11(2)15)5-6-13(10)14(17)16-7-3-4-8-16/h5-6,9,11H,3-4,7-8,15H2,1-2H3. The zero-order valence-electron chi connectivity index (χ0n) is 10.6. The van der Waals surface area contributed by atoms with Crippen LogP contribution in [0.3, 0.4) is 0 Å². The number of rotatable bonds is 2. The van der Waals surface area contributed by atoms with Crippen molar-refractivity contribution in [1.82, 2.24) is 4.90 Å². The second kappa shape index (κ2) is 4.88. The van der Waals surface area contributed by atoms with E-state index in [4.69, 9.17) is 5.73 Å². The van der Waals surface area contributed by atoms with Crippen molar-refractivity contribution in [2.75, 3.05) is 13.1 Å². The SMILES string of the molecule is Cc1cc(C(C)N)ccc1C(=O)N1CCCC1. The first-order valence-corrected chi connectivity index (χ1v) is 6.25. The number of hydrogen-bond acceptors (Lipinski definition) is 2. The number of nitrogens with zero attached hydrogens (tertiary/aromatic N) is 1. The maximum Gasteiger partial charge on any atom is 0.254 e. The van der Waals surface area contributed by atoms with E-state index in [2.05, 4.69) is 0 Å². The normalized spacial score (nSPS) is 17.2. The molecule has 0 saturated carbocycles. The number of hydrogen-bond donors (Lipinski definition) is 1. The van der Waals surface area contributed by atoms with Gasteiger partial charge in [-0.1, -0.05) is 12.1 Å². The quantitative estimate of drug-likeness (QED) is 0.850. The van der Waals surface area contributed by atoms with Crippen molar-refractivity contribution in [2.45, 2.75) is 32.7 Å². The second-order valence-electron chi connectivity index (χ2n) is 4.86. The van der Waals surface area contributed by atoms with Gasteiger partial charge in [0.05, 0.1) is 0 Å². The Morgan fingerprint density at radius 2 is 2.00 bits per heavy atom. The molecule has 1 unspecified atom stereocenters. The number of aryl methyl sites for hydroxylation is 1. The number of amides is 1. The highest BCUT2D eigenvalue weighted by molar-refractivity contribution is 5.95. The summed E-state index contributed by atoms with van der Waals surface area (Å²) in [5, 5.41) is 0. The zero-order chi connectivity index (χ0) is 12.4. The van der Waals surface area contributed by atoms with Crippen LogP contribution in [0.15, 0.2) is 18.2 Å². The van der Waals surface area contributed by atoms with Crippen molar-refractivity contribution < 1.29 is 4.79 Å². The Kier molecular flexibility index (Phi) is 3.48. The Morgan fingerprint density at radius 1 is 1.35 bits per heavy atom. The molecule has 92 valence electrons. The molecule has 0 bridgehead atoms. The van der Waals surface area contributed by atoms with Crippen LogP contribution in [0.25, 0.3) is 0 Å². The van der Waals surface area contributed by atoms with Crippen molar-refractivity contribution in [2.24, 2.45) is 5.73 Å². The summed E-state index contributed by atoms with van der Waals surface area (Å²) in [5.41, 5.74) is 8.76. The monoisotopic (exact) mass is 232 g/mol. The Morgan fingerprint density at radius 3 is 2.53 bits per heavy atom. The highest BCUT2D eigenvalue weighted by atomic mass is 16.2. The third-order valence-electron chi connectivity index (χ3n) is 3.40. The van der Waals surface area contributed by atoms with Crippen molar-refractivity contribution in [1.29, 1.82) is 0 Å². The summed E-state index contributed by atoms with van der Waals surface area (Å²) in [7, 11) is 0.